The summed E-state index contributed by atoms with van der Waals surface area (Å²) in [6, 6.07) is 20.3. The molecule has 0 aliphatic carbocycles. The zero-order valence-corrected chi connectivity index (χ0v) is 16.5. The summed E-state index contributed by atoms with van der Waals surface area (Å²) >= 11 is 1.64. The molecule has 1 aromatic heterocycles. The molecule has 1 heterocycles. The second-order valence-electron chi connectivity index (χ2n) is 6.23. The van der Waals surface area contributed by atoms with Crippen molar-refractivity contribution in [1.82, 2.24) is 5.32 Å². The van der Waals surface area contributed by atoms with E-state index in [2.05, 4.69) is 23.5 Å². The number of methoxy groups -OCH3 is 2. The number of hydrogen-bond acceptors (Lipinski definition) is 5. The maximum atomic E-state index is 10.4. The molecule has 1 atom stereocenters. The van der Waals surface area contributed by atoms with Gasteiger partial charge in [-0.1, -0.05) is 36.4 Å². The Hall–Kier alpha value is -2.34. The average Bonchev–Trinajstić information content (AvgIpc) is 3.22. The average molecular weight is 384 g/mol. The largest absolute Gasteiger partial charge is 0.493 e. The van der Waals surface area contributed by atoms with Crippen molar-refractivity contribution in [2.24, 2.45) is 0 Å². The zero-order valence-electron chi connectivity index (χ0n) is 15.6. The van der Waals surface area contributed by atoms with Crippen LogP contribution < -0.4 is 14.8 Å². The first-order chi connectivity index (χ1) is 13.2. The predicted molar refractivity (Wildman–Crippen MR) is 111 cm³/mol. The molecule has 0 saturated heterocycles. The molecule has 0 radical (unpaired) electrons. The first-order valence-corrected chi connectivity index (χ1v) is 9.77. The van der Waals surface area contributed by atoms with Crippen LogP contribution in [-0.4, -0.2) is 32.4 Å². The van der Waals surface area contributed by atoms with Crippen molar-refractivity contribution < 1.29 is 14.6 Å². The summed E-state index contributed by atoms with van der Waals surface area (Å²) in [5, 5.41) is 13.8. The fourth-order valence-electron chi connectivity index (χ4n) is 2.90. The summed E-state index contributed by atoms with van der Waals surface area (Å²) in [6.07, 6.45) is 0.352. The van der Waals surface area contributed by atoms with Crippen molar-refractivity contribution in [2.45, 2.75) is 12.5 Å². The highest BCUT2D eigenvalue weighted by Gasteiger charge is 2.11. The summed E-state index contributed by atoms with van der Waals surface area (Å²) in [5.41, 5.74) is 2.35. The number of thiophene rings is 1. The van der Waals surface area contributed by atoms with Crippen LogP contribution in [0, 0.1) is 0 Å². The molecule has 3 aromatic rings. The lowest BCUT2D eigenvalue weighted by molar-refractivity contribution is 0.179. The molecule has 0 amide bonds. The number of nitrogens with one attached hydrogen (secondary N) is 1. The summed E-state index contributed by atoms with van der Waals surface area (Å²) in [6.45, 7) is 1.31. The zero-order chi connectivity index (χ0) is 19.1. The van der Waals surface area contributed by atoms with Crippen molar-refractivity contribution in [3.8, 4) is 21.9 Å². The first-order valence-electron chi connectivity index (χ1n) is 8.96. The second-order valence-corrected chi connectivity index (χ2v) is 7.34. The van der Waals surface area contributed by atoms with Gasteiger partial charge in [-0.05, 0) is 48.4 Å². The molecule has 0 fully saturated rings. The van der Waals surface area contributed by atoms with Gasteiger partial charge in [-0.2, -0.15) is 0 Å². The third kappa shape index (κ3) is 5.10. The van der Waals surface area contributed by atoms with Crippen LogP contribution in [-0.2, 0) is 6.42 Å². The highest BCUT2D eigenvalue weighted by molar-refractivity contribution is 7.15. The van der Waals surface area contributed by atoms with Crippen molar-refractivity contribution in [3.63, 3.8) is 0 Å². The van der Waals surface area contributed by atoms with Crippen molar-refractivity contribution in [1.29, 1.82) is 0 Å². The highest BCUT2D eigenvalue weighted by atomic mass is 32.1. The first kappa shape index (κ1) is 19.4. The van der Waals surface area contributed by atoms with Gasteiger partial charge in [0.1, 0.15) is 6.10 Å². The Morgan fingerprint density at radius 1 is 0.963 bits per heavy atom. The molecule has 3 rings (SSSR count). The Bertz CT molecular complexity index is 848. The van der Waals surface area contributed by atoms with E-state index in [0.717, 1.165) is 34.9 Å². The van der Waals surface area contributed by atoms with Gasteiger partial charge in [-0.25, -0.2) is 0 Å². The van der Waals surface area contributed by atoms with Crippen LogP contribution in [0.4, 0.5) is 0 Å². The van der Waals surface area contributed by atoms with E-state index < -0.39 is 6.10 Å². The lowest BCUT2D eigenvalue weighted by atomic mass is 10.1. The van der Waals surface area contributed by atoms with E-state index in [0.29, 0.717) is 6.54 Å². The lowest BCUT2D eigenvalue weighted by Gasteiger charge is -2.12. The molecule has 0 bridgehead atoms. The van der Waals surface area contributed by atoms with E-state index in [9.17, 15) is 5.11 Å². The summed E-state index contributed by atoms with van der Waals surface area (Å²) < 4.78 is 10.6. The smallest absolute Gasteiger partial charge is 0.160 e. The Kier molecular flexibility index (Phi) is 6.87. The maximum absolute atomic E-state index is 10.4. The number of aliphatic hydroxyl groups excluding tert-OH is 1. The minimum Gasteiger partial charge on any atom is -0.493 e. The van der Waals surface area contributed by atoms with Gasteiger partial charge >= 0.3 is 0 Å². The fourth-order valence-corrected chi connectivity index (χ4v) is 3.90. The van der Waals surface area contributed by atoms with Gasteiger partial charge in [0.05, 0.1) is 14.2 Å². The second kappa shape index (κ2) is 9.55. The lowest BCUT2D eigenvalue weighted by Crippen LogP contribution is -2.23. The van der Waals surface area contributed by atoms with Gasteiger partial charge < -0.3 is 19.9 Å². The molecule has 0 spiro atoms. The standard InChI is InChI=1S/C22H25NO3S/c1-25-19-9-8-16(14-20(19)26-2)12-13-23-15-18(24)22-11-10-21(27-22)17-6-4-3-5-7-17/h3-11,14,18,23-24H,12-13,15H2,1-2H3. The highest BCUT2D eigenvalue weighted by Crippen LogP contribution is 2.31. The van der Waals surface area contributed by atoms with Gasteiger partial charge in [0.15, 0.2) is 11.5 Å². The van der Waals surface area contributed by atoms with Gasteiger partial charge in [-0.15, -0.1) is 11.3 Å². The van der Waals surface area contributed by atoms with Crippen LogP contribution in [0.5, 0.6) is 11.5 Å². The normalized spacial score (nSPS) is 12.0. The van der Waals surface area contributed by atoms with Crippen molar-refractivity contribution >= 4 is 11.3 Å². The molecule has 0 saturated carbocycles. The van der Waals surface area contributed by atoms with Crippen LogP contribution in [0.3, 0.4) is 0 Å². The van der Waals surface area contributed by atoms with Gasteiger partial charge in [0.2, 0.25) is 0 Å². The van der Waals surface area contributed by atoms with Gasteiger partial charge in [-0.3, -0.25) is 0 Å². The Morgan fingerprint density at radius 2 is 1.74 bits per heavy atom. The monoisotopic (exact) mass is 383 g/mol. The van der Waals surface area contributed by atoms with Crippen LogP contribution in [0.2, 0.25) is 0 Å². The quantitative estimate of drug-likeness (QED) is 0.541. The topological polar surface area (TPSA) is 50.7 Å². The molecule has 0 aliphatic rings. The minimum absolute atomic E-state index is 0.502. The third-order valence-electron chi connectivity index (χ3n) is 4.39. The number of rotatable bonds is 9. The number of aliphatic hydroxyl groups is 1. The van der Waals surface area contributed by atoms with Crippen LogP contribution in [0.15, 0.2) is 60.7 Å². The molecule has 0 aliphatic heterocycles. The Balaban J connectivity index is 1.49. The number of benzene rings is 2. The minimum atomic E-state index is -0.502. The van der Waals surface area contributed by atoms with Crippen molar-refractivity contribution in [3.05, 3.63) is 71.1 Å². The van der Waals surface area contributed by atoms with E-state index in [-0.39, 0.29) is 0 Å². The molecular formula is C22H25NO3S. The summed E-state index contributed by atoms with van der Waals surface area (Å²) in [4.78, 5) is 2.16. The molecule has 142 valence electrons. The van der Waals surface area contributed by atoms with E-state index >= 15 is 0 Å². The Morgan fingerprint density at radius 3 is 2.48 bits per heavy atom. The van der Waals surface area contributed by atoms with E-state index in [1.165, 1.54) is 10.4 Å². The molecule has 2 aromatic carbocycles. The SMILES string of the molecule is COc1ccc(CCNCC(O)c2ccc(-c3ccccc3)s2)cc1OC. The molecule has 5 heteroatoms. The summed E-state index contributed by atoms with van der Waals surface area (Å²) in [7, 11) is 3.27. The van der Waals surface area contributed by atoms with E-state index in [1.807, 2.05) is 42.5 Å². The van der Waals surface area contributed by atoms with Crippen LogP contribution in [0.25, 0.3) is 10.4 Å². The van der Waals surface area contributed by atoms with Crippen molar-refractivity contribution in [2.75, 3.05) is 27.3 Å². The molecule has 4 nitrogen and oxygen atoms in total. The molecule has 27 heavy (non-hydrogen) atoms. The van der Waals surface area contributed by atoms with Gasteiger partial charge in [0.25, 0.3) is 0 Å². The van der Waals surface area contributed by atoms with Gasteiger partial charge in [0, 0.05) is 16.3 Å². The van der Waals surface area contributed by atoms with Crippen LogP contribution >= 0.6 is 11.3 Å². The molecule has 1 unspecified atom stereocenters. The third-order valence-corrected chi connectivity index (χ3v) is 5.63. The number of hydrogen-bond donors (Lipinski definition) is 2. The van der Waals surface area contributed by atoms with Crippen LogP contribution in [0.1, 0.15) is 16.5 Å². The predicted octanol–water partition coefficient (Wildman–Crippen LogP) is 4.30. The Labute approximate surface area is 164 Å². The molecule has 2 N–H and O–H groups in total. The fraction of sp³-hybridized carbons (Fsp3) is 0.273. The van der Waals surface area contributed by atoms with E-state index in [1.54, 1.807) is 25.6 Å². The summed E-state index contributed by atoms with van der Waals surface area (Å²) in [5.74, 6) is 1.47. The maximum Gasteiger partial charge on any atom is 0.160 e. The molecular weight excluding hydrogens is 358 g/mol. The number of ether oxygens (including phenoxy) is 2. The van der Waals surface area contributed by atoms with E-state index in [4.69, 9.17) is 9.47 Å².